The van der Waals surface area contributed by atoms with Gasteiger partial charge in [-0.25, -0.2) is 0 Å². The van der Waals surface area contributed by atoms with Crippen LogP contribution in [0.2, 0.25) is 0 Å². The van der Waals surface area contributed by atoms with Crippen molar-refractivity contribution in [2.45, 2.75) is 12.2 Å². The number of hydrogen-bond acceptors (Lipinski definition) is 3. The van der Waals surface area contributed by atoms with Gasteiger partial charge >= 0.3 is 6.18 Å². The molecule has 26 heavy (non-hydrogen) atoms. The van der Waals surface area contributed by atoms with Gasteiger partial charge in [0.05, 0.1) is 18.2 Å². The first-order valence-electron chi connectivity index (χ1n) is 8.32. The maximum Gasteiger partial charge on any atom is 0.416 e. The Morgan fingerprint density at radius 1 is 0.923 bits per heavy atom. The first kappa shape index (κ1) is 20.7. The van der Waals surface area contributed by atoms with Gasteiger partial charge in [0.15, 0.2) is 0 Å². The van der Waals surface area contributed by atoms with Gasteiger partial charge in [0.1, 0.15) is 0 Å². The number of rotatable bonds is 4. The molecule has 2 N–H and O–H groups in total. The van der Waals surface area contributed by atoms with Crippen LogP contribution in [0.5, 0.6) is 0 Å². The first-order valence-corrected chi connectivity index (χ1v) is 8.32. The summed E-state index contributed by atoms with van der Waals surface area (Å²) in [5, 5.41) is 13.0. The van der Waals surface area contributed by atoms with Crippen LogP contribution in [0.25, 0.3) is 11.1 Å². The Labute approximate surface area is 157 Å². The fourth-order valence-electron chi connectivity index (χ4n) is 3.17. The van der Waals surface area contributed by atoms with Crippen molar-refractivity contribution in [3.05, 3.63) is 59.7 Å². The van der Waals surface area contributed by atoms with Crippen molar-refractivity contribution in [1.29, 1.82) is 0 Å². The predicted molar refractivity (Wildman–Crippen MR) is 98.4 cm³/mol. The summed E-state index contributed by atoms with van der Waals surface area (Å²) in [4.78, 5) is 2.24. The van der Waals surface area contributed by atoms with Gasteiger partial charge in [0, 0.05) is 26.2 Å². The second-order valence-corrected chi connectivity index (χ2v) is 6.18. The van der Waals surface area contributed by atoms with Gasteiger partial charge in [-0.2, -0.15) is 13.2 Å². The van der Waals surface area contributed by atoms with Crippen LogP contribution in [0.1, 0.15) is 17.2 Å². The summed E-state index contributed by atoms with van der Waals surface area (Å²) in [5.41, 5.74) is 1.96. The number of alkyl halides is 3. The molecule has 1 saturated heterocycles. The number of hydrogen-bond donors (Lipinski definition) is 2. The summed E-state index contributed by atoms with van der Waals surface area (Å²) in [5.74, 6) is 0. The highest BCUT2D eigenvalue weighted by atomic mass is 35.5. The summed E-state index contributed by atoms with van der Waals surface area (Å²) in [6.07, 6.45) is -4.32. The maximum absolute atomic E-state index is 12.6. The van der Waals surface area contributed by atoms with E-state index in [-0.39, 0.29) is 25.1 Å². The molecular weight excluding hydrogens is 365 g/mol. The lowest BCUT2D eigenvalue weighted by Crippen LogP contribution is -2.46. The lowest BCUT2D eigenvalue weighted by atomic mass is 9.99. The van der Waals surface area contributed by atoms with Crippen LogP contribution in [-0.2, 0) is 6.18 Å². The number of nitrogens with one attached hydrogen (secondary N) is 1. The summed E-state index contributed by atoms with van der Waals surface area (Å²) in [7, 11) is 0. The van der Waals surface area contributed by atoms with E-state index in [0.29, 0.717) is 0 Å². The Kier molecular flexibility index (Phi) is 7.06. The SMILES string of the molecule is Cl.OC[C@H](c1ccc(-c2ccc(C(F)(F)F)cc2)cc1)N1CCNCC1. The molecule has 3 rings (SSSR count). The van der Waals surface area contributed by atoms with Crippen molar-refractivity contribution in [1.82, 2.24) is 10.2 Å². The molecule has 0 radical (unpaired) electrons. The molecule has 2 aromatic rings. The van der Waals surface area contributed by atoms with E-state index in [1.807, 2.05) is 24.3 Å². The largest absolute Gasteiger partial charge is 0.416 e. The Balaban J connectivity index is 0.00000243. The Bertz CT molecular complexity index is 683. The van der Waals surface area contributed by atoms with Gasteiger partial charge in [-0.3, -0.25) is 4.90 Å². The zero-order chi connectivity index (χ0) is 17.9. The number of halogens is 4. The monoisotopic (exact) mass is 386 g/mol. The zero-order valence-electron chi connectivity index (χ0n) is 14.2. The molecule has 0 bridgehead atoms. The minimum Gasteiger partial charge on any atom is -0.394 e. The number of benzene rings is 2. The quantitative estimate of drug-likeness (QED) is 0.840. The van der Waals surface area contributed by atoms with Crippen molar-refractivity contribution in [3.8, 4) is 11.1 Å². The number of piperazine rings is 1. The molecule has 1 aliphatic rings. The number of aliphatic hydroxyl groups is 1. The van der Waals surface area contributed by atoms with Gasteiger partial charge in [-0.1, -0.05) is 36.4 Å². The molecule has 0 aliphatic carbocycles. The standard InChI is InChI=1S/C19H21F3N2O.ClH/c20-19(21,22)17-7-5-15(6-8-17)14-1-3-16(4-2-14)18(13-25)24-11-9-23-10-12-24;/h1-8,18,23,25H,9-13H2;1H/t18-;/m1./s1. The fraction of sp³-hybridized carbons (Fsp3) is 0.368. The molecule has 0 spiro atoms. The van der Waals surface area contributed by atoms with E-state index in [4.69, 9.17) is 0 Å². The normalized spacial score (nSPS) is 16.8. The second kappa shape index (κ2) is 8.86. The third-order valence-corrected chi connectivity index (χ3v) is 4.61. The molecule has 0 saturated carbocycles. The molecule has 7 heteroatoms. The second-order valence-electron chi connectivity index (χ2n) is 6.18. The van der Waals surface area contributed by atoms with E-state index in [1.165, 1.54) is 12.1 Å². The predicted octanol–water partition coefficient (Wildman–Crippen LogP) is 3.73. The molecule has 1 aliphatic heterocycles. The molecule has 0 aromatic heterocycles. The van der Waals surface area contributed by atoms with E-state index in [0.717, 1.165) is 55.0 Å². The van der Waals surface area contributed by atoms with Crippen molar-refractivity contribution in [2.24, 2.45) is 0 Å². The maximum atomic E-state index is 12.6. The smallest absolute Gasteiger partial charge is 0.394 e. The van der Waals surface area contributed by atoms with E-state index in [9.17, 15) is 18.3 Å². The average Bonchev–Trinajstić information content (AvgIpc) is 2.63. The van der Waals surface area contributed by atoms with Gasteiger partial charge in [-0.15, -0.1) is 12.4 Å². The number of nitrogens with zero attached hydrogens (tertiary/aromatic N) is 1. The van der Waals surface area contributed by atoms with E-state index >= 15 is 0 Å². The third-order valence-electron chi connectivity index (χ3n) is 4.61. The van der Waals surface area contributed by atoms with Crippen molar-refractivity contribution in [3.63, 3.8) is 0 Å². The topological polar surface area (TPSA) is 35.5 Å². The summed E-state index contributed by atoms with van der Waals surface area (Å²) >= 11 is 0. The zero-order valence-corrected chi connectivity index (χ0v) is 15.0. The van der Waals surface area contributed by atoms with Crippen LogP contribution in [0.3, 0.4) is 0 Å². The van der Waals surface area contributed by atoms with Gasteiger partial charge in [0.25, 0.3) is 0 Å². The van der Waals surface area contributed by atoms with Gasteiger partial charge in [-0.05, 0) is 28.8 Å². The fourth-order valence-corrected chi connectivity index (χ4v) is 3.17. The minimum atomic E-state index is -4.32. The molecule has 2 aromatic carbocycles. The first-order chi connectivity index (χ1) is 12.0. The van der Waals surface area contributed by atoms with Crippen LogP contribution >= 0.6 is 12.4 Å². The minimum absolute atomic E-state index is 0. The summed E-state index contributed by atoms with van der Waals surface area (Å²) in [6, 6.07) is 12.8. The number of aliphatic hydroxyl groups excluding tert-OH is 1. The Morgan fingerprint density at radius 3 is 1.88 bits per heavy atom. The molecule has 0 unspecified atom stereocenters. The lowest BCUT2D eigenvalue weighted by molar-refractivity contribution is -0.137. The summed E-state index contributed by atoms with van der Waals surface area (Å²) in [6.45, 7) is 3.61. The van der Waals surface area contributed by atoms with E-state index in [1.54, 1.807) is 0 Å². The molecule has 0 amide bonds. The van der Waals surface area contributed by atoms with Crippen LogP contribution in [0.15, 0.2) is 48.5 Å². The van der Waals surface area contributed by atoms with Crippen LogP contribution in [0, 0.1) is 0 Å². The molecule has 1 fully saturated rings. The van der Waals surface area contributed by atoms with Crippen LogP contribution < -0.4 is 5.32 Å². The van der Waals surface area contributed by atoms with Crippen LogP contribution in [-0.4, -0.2) is 42.8 Å². The van der Waals surface area contributed by atoms with Crippen LogP contribution in [0.4, 0.5) is 13.2 Å². The van der Waals surface area contributed by atoms with E-state index < -0.39 is 11.7 Å². The molecular formula is C19H22ClF3N2O. The Hall–Kier alpha value is -1.60. The highest BCUT2D eigenvalue weighted by molar-refractivity contribution is 5.85. The molecule has 1 heterocycles. The highest BCUT2D eigenvalue weighted by Crippen LogP contribution is 2.31. The third kappa shape index (κ3) is 4.76. The lowest BCUT2D eigenvalue weighted by Gasteiger charge is -2.34. The Morgan fingerprint density at radius 2 is 1.42 bits per heavy atom. The molecule has 1 atom stereocenters. The molecule has 3 nitrogen and oxygen atoms in total. The van der Waals surface area contributed by atoms with Crippen molar-refractivity contribution >= 4 is 12.4 Å². The highest BCUT2D eigenvalue weighted by Gasteiger charge is 2.30. The van der Waals surface area contributed by atoms with E-state index in [2.05, 4.69) is 10.2 Å². The average molecular weight is 387 g/mol. The van der Waals surface area contributed by atoms with Gasteiger partial charge in [0.2, 0.25) is 0 Å². The van der Waals surface area contributed by atoms with Gasteiger partial charge < -0.3 is 10.4 Å². The molecule has 142 valence electrons. The summed E-state index contributed by atoms with van der Waals surface area (Å²) < 4.78 is 37.9. The van der Waals surface area contributed by atoms with Crippen molar-refractivity contribution in [2.75, 3.05) is 32.8 Å². The van der Waals surface area contributed by atoms with Crippen molar-refractivity contribution < 1.29 is 18.3 Å².